The minimum absolute atomic E-state index is 0.0492. The smallest absolute Gasteiger partial charge is 0.326 e. The maximum Gasteiger partial charge on any atom is 0.326 e. The fourth-order valence-corrected chi connectivity index (χ4v) is 1.66. The third-order valence-corrected chi connectivity index (χ3v) is 2.19. The normalized spacial score (nSPS) is 33.6. The van der Waals surface area contributed by atoms with Crippen LogP contribution in [0.15, 0.2) is 0 Å². The number of hydroxylamine groups is 2. The zero-order chi connectivity index (χ0) is 6.97. The molecule has 56 valence electrons. The van der Waals surface area contributed by atoms with Gasteiger partial charge in [0.15, 0.2) is 0 Å². The molecule has 2 saturated heterocycles. The van der Waals surface area contributed by atoms with Gasteiger partial charge in [-0.15, -0.1) is 5.06 Å². The van der Waals surface area contributed by atoms with E-state index >= 15 is 0 Å². The van der Waals surface area contributed by atoms with Crippen LogP contribution < -0.4 is 0 Å². The maximum atomic E-state index is 10.7. The van der Waals surface area contributed by atoms with Crippen LogP contribution in [0.25, 0.3) is 0 Å². The zero-order valence-electron chi connectivity index (χ0n) is 5.88. The van der Waals surface area contributed by atoms with Crippen LogP contribution in [0.2, 0.25) is 0 Å². The van der Waals surface area contributed by atoms with Crippen molar-refractivity contribution in [2.75, 3.05) is 6.54 Å². The fourth-order valence-electron chi connectivity index (χ4n) is 1.66. The first kappa shape index (κ1) is 6.16. The van der Waals surface area contributed by atoms with Gasteiger partial charge in [-0.05, 0) is 12.8 Å². The van der Waals surface area contributed by atoms with Gasteiger partial charge in [0.05, 0.1) is 12.5 Å². The average molecular weight is 141 g/mol. The molecule has 10 heavy (non-hydrogen) atoms. The van der Waals surface area contributed by atoms with E-state index in [1.165, 1.54) is 12.8 Å². The number of hydrogen-bond acceptors (Lipinski definition) is 3. The molecule has 2 heterocycles. The van der Waals surface area contributed by atoms with E-state index in [9.17, 15) is 4.79 Å². The lowest BCUT2D eigenvalue weighted by molar-refractivity contribution is -0.178. The first-order chi connectivity index (χ1) is 4.86. The number of hydrogen-bond donors (Lipinski definition) is 0. The predicted molar refractivity (Wildman–Crippen MR) is 35.1 cm³/mol. The van der Waals surface area contributed by atoms with Gasteiger partial charge in [0, 0.05) is 6.54 Å². The molecule has 3 heteroatoms. The average Bonchev–Trinajstić information content (AvgIpc) is 2.27. The second-order valence-electron chi connectivity index (χ2n) is 2.96. The van der Waals surface area contributed by atoms with Crippen LogP contribution in [0.1, 0.15) is 25.7 Å². The first-order valence-corrected chi connectivity index (χ1v) is 3.84. The number of fused-ring (bicyclic) bond motifs is 1. The van der Waals surface area contributed by atoms with Crippen molar-refractivity contribution in [3.63, 3.8) is 0 Å². The molecule has 0 radical (unpaired) electrons. The van der Waals surface area contributed by atoms with Crippen LogP contribution in [-0.2, 0) is 9.63 Å². The molecular weight excluding hydrogens is 130 g/mol. The Kier molecular flexibility index (Phi) is 1.38. The largest absolute Gasteiger partial charge is 0.368 e. The molecule has 3 nitrogen and oxygen atoms in total. The van der Waals surface area contributed by atoms with Gasteiger partial charge in [-0.1, -0.05) is 6.42 Å². The Morgan fingerprint density at radius 1 is 1.50 bits per heavy atom. The van der Waals surface area contributed by atoms with Crippen molar-refractivity contribution in [3.05, 3.63) is 0 Å². The monoisotopic (exact) mass is 141 g/mol. The standard InChI is InChI=1S/C7H11NO2/c9-7-5-6-3-1-2-4-8(6)10-7/h6H,1-5H2. The van der Waals surface area contributed by atoms with Crippen molar-refractivity contribution in [3.8, 4) is 0 Å². The van der Waals surface area contributed by atoms with E-state index in [1.807, 2.05) is 5.06 Å². The second kappa shape index (κ2) is 2.23. The molecule has 0 aromatic rings. The lowest BCUT2D eigenvalue weighted by atomic mass is 10.0. The van der Waals surface area contributed by atoms with Gasteiger partial charge in [0.1, 0.15) is 0 Å². The predicted octanol–water partition coefficient (Wildman–Crippen LogP) is 0.703. The van der Waals surface area contributed by atoms with Crippen LogP contribution in [0.3, 0.4) is 0 Å². The molecule has 2 aliphatic rings. The molecule has 0 aliphatic carbocycles. The molecule has 0 aromatic heterocycles. The van der Waals surface area contributed by atoms with Gasteiger partial charge >= 0.3 is 5.97 Å². The Labute approximate surface area is 59.9 Å². The lowest BCUT2D eigenvalue weighted by Crippen LogP contribution is -2.32. The van der Waals surface area contributed by atoms with Crippen LogP contribution in [-0.4, -0.2) is 23.6 Å². The van der Waals surface area contributed by atoms with E-state index in [0.717, 1.165) is 13.0 Å². The first-order valence-electron chi connectivity index (χ1n) is 3.84. The molecule has 0 saturated carbocycles. The zero-order valence-corrected chi connectivity index (χ0v) is 5.88. The highest BCUT2D eigenvalue weighted by Gasteiger charge is 2.34. The summed E-state index contributed by atoms with van der Waals surface area (Å²) in [5.74, 6) is -0.0492. The Balaban J connectivity index is 2.04. The number of carbonyl (C=O) groups excluding carboxylic acids is 1. The topological polar surface area (TPSA) is 29.5 Å². The molecule has 1 atom stereocenters. The summed E-state index contributed by atoms with van der Waals surface area (Å²) < 4.78 is 0. The van der Waals surface area contributed by atoms with Gasteiger partial charge in [-0.25, -0.2) is 0 Å². The molecule has 0 N–H and O–H groups in total. The van der Waals surface area contributed by atoms with E-state index in [4.69, 9.17) is 4.84 Å². The SMILES string of the molecule is O=C1CC2CCCCN2O1. The van der Waals surface area contributed by atoms with E-state index in [0.29, 0.717) is 12.5 Å². The Bertz CT molecular complexity index is 142. The summed E-state index contributed by atoms with van der Waals surface area (Å²) in [5.41, 5.74) is 0. The number of piperidine rings is 1. The summed E-state index contributed by atoms with van der Waals surface area (Å²) in [7, 11) is 0. The van der Waals surface area contributed by atoms with Crippen molar-refractivity contribution in [2.45, 2.75) is 31.7 Å². The van der Waals surface area contributed by atoms with E-state index < -0.39 is 0 Å². The molecule has 0 spiro atoms. The van der Waals surface area contributed by atoms with Gasteiger partial charge < -0.3 is 4.84 Å². The summed E-state index contributed by atoms with van der Waals surface area (Å²) in [6.45, 7) is 0.941. The molecule has 0 bridgehead atoms. The molecule has 0 aromatic carbocycles. The van der Waals surface area contributed by atoms with Crippen LogP contribution in [0, 0.1) is 0 Å². The molecule has 0 amide bonds. The Morgan fingerprint density at radius 2 is 2.40 bits per heavy atom. The molecule has 1 unspecified atom stereocenters. The minimum Gasteiger partial charge on any atom is -0.368 e. The summed E-state index contributed by atoms with van der Waals surface area (Å²) in [6, 6.07) is 0.404. The van der Waals surface area contributed by atoms with Crippen molar-refractivity contribution >= 4 is 5.97 Å². The highest BCUT2D eigenvalue weighted by Crippen LogP contribution is 2.25. The Hall–Kier alpha value is -0.570. The van der Waals surface area contributed by atoms with E-state index in [1.54, 1.807) is 0 Å². The maximum absolute atomic E-state index is 10.7. The fraction of sp³-hybridized carbons (Fsp3) is 0.857. The van der Waals surface area contributed by atoms with E-state index in [-0.39, 0.29) is 5.97 Å². The molecule has 2 fully saturated rings. The summed E-state index contributed by atoms with van der Waals surface area (Å²) in [5, 5.41) is 1.84. The highest BCUT2D eigenvalue weighted by molar-refractivity contribution is 5.71. The second-order valence-corrected chi connectivity index (χ2v) is 2.96. The number of nitrogens with zero attached hydrogens (tertiary/aromatic N) is 1. The summed E-state index contributed by atoms with van der Waals surface area (Å²) in [4.78, 5) is 15.7. The third-order valence-electron chi connectivity index (χ3n) is 2.19. The van der Waals surface area contributed by atoms with Gasteiger partial charge in [-0.3, -0.25) is 4.79 Å². The highest BCUT2D eigenvalue weighted by atomic mass is 16.7. The Morgan fingerprint density at radius 3 is 3.20 bits per heavy atom. The van der Waals surface area contributed by atoms with Crippen LogP contribution in [0.5, 0.6) is 0 Å². The van der Waals surface area contributed by atoms with Gasteiger partial charge in [0.25, 0.3) is 0 Å². The number of carbonyl (C=O) groups is 1. The number of rotatable bonds is 0. The molecule has 2 aliphatic heterocycles. The van der Waals surface area contributed by atoms with Crippen molar-refractivity contribution in [1.82, 2.24) is 5.06 Å². The molecular formula is C7H11NO2. The lowest BCUT2D eigenvalue weighted by Gasteiger charge is -2.25. The third kappa shape index (κ3) is 0.904. The van der Waals surface area contributed by atoms with Crippen molar-refractivity contribution in [1.29, 1.82) is 0 Å². The minimum atomic E-state index is -0.0492. The van der Waals surface area contributed by atoms with Gasteiger partial charge in [-0.2, -0.15) is 0 Å². The van der Waals surface area contributed by atoms with Gasteiger partial charge in [0.2, 0.25) is 0 Å². The summed E-state index contributed by atoms with van der Waals surface area (Å²) >= 11 is 0. The van der Waals surface area contributed by atoms with Crippen molar-refractivity contribution < 1.29 is 9.63 Å². The molecule has 2 rings (SSSR count). The van der Waals surface area contributed by atoms with E-state index in [2.05, 4.69) is 0 Å². The van der Waals surface area contributed by atoms with Crippen molar-refractivity contribution in [2.24, 2.45) is 0 Å². The summed E-state index contributed by atoms with van der Waals surface area (Å²) in [6.07, 6.45) is 4.16. The van der Waals surface area contributed by atoms with Crippen LogP contribution in [0.4, 0.5) is 0 Å². The quantitative estimate of drug-likeness (QED) is 0.497. The van der Waals surface area contributed by atoms with Crippen LogP contribution >= 0.6 is 0 Å².